The number of ether oxygens (including phenoxy) is 1. The summed E-state index contributed by atoms with van der Waals surface area (Å²) in [4.78, 5) is 39.4. The largest absolute Gasteiger partial charge is 0.484 e. The second kappa shape index (κ2) is 6.05. The third kappa shape index (κ3) is 2.60. The van der Waals surface area contributed by atoms with Gasteiger partial charge in [0.2, 0.25) is 0 Å². The number of para-hydroxylation sites is 2. The molecule has 3 aromatic rings. The molecule has 6 heteroatoms. The molecular weight excluding hydrogens is 358 g/mol. The fourth-order valence-electron chi connectivity index (χ4n) is 4.05. The standard InChI is InChI=1S/C22H17NO5/c24-16-11-20(27-18-7-3-1-5-14(16)18)21(26)23-10-9-22(13-23)12-17(25)15-6-2-4-8-19(15)28-22/h1-8,11H,9-10,12-13H2. The summed E-state index contributed by atoms with van der Waals surface area (Å²) in [6.07, 6.45) is 0.784. The number of rotatable bonds is 1. The summed E-state index contributed by atoms with van der Waals surface area (Å²) in [5.41, 5.74) is -0.0149. The molecule has 140 valence electrons. The molecule has 1 saturated heterocycles. The fraction of sp³-hybridized carbons (Fsp3) is 0.227. The number of amides is 1. The van der Waals surface area contributed by atoms with Gasteiger partial charge in [-0.3, -0.25) is 14.4 Å². The Hall–Kier alpha value is -3.41. The van der Waals surface area contributed by atoms with E-state index in [2.05, 4.69) is 0 Å². The Balaban J connectivity index is 1.43. The van der Waals surface area contributed by atoms with Crippen LogP contribution in [0.4, 0.5) is 0 Å². The number of likely N-dealkylation sites (tertiary alicyclic amines) is 1. The Morgan fingerprint density at radius 1 is 1.04 bits per heavy atom. The zero-order valence-corrected chi connectivity index (χ0v) is 15.0. The predicted molar refractivity (Wildman–Crippen MR) is 102 cm³/mol. The van der Waals surface area contributed by atoms with Gasteiger partial charge in [0.1, 0.15) is 16.9 Å². The second-order valence-electron chi connectivity index (χ2n) is 7.33. The molecule has 2 aliphatic heterocycles. The number of hydrogen-bond donors (Lipinski definition) is 0. The first-order valence-electron chi connectivity index (χ1n) is 9.18. The Labute approximate surface area is 160 Å². The van der Waals surface area contributed by atoms with Gasteiger partial charge in [0.25, 0.3) is 5.91 Å². The first-order chi connectivity index (χ1) is 13.5. The van der Waals surface area contributed by atoms with Gasteiger partial charge in [0.15, 0.2) is 17.0 Å². The topological polar surface area (TPSA) is 76.8 Å². The molecule has 6 nitrogen and oxygen atoms in total. The minimum Gasteiger partial charge on any atom is -0.484 e. The monoisotopic (exact) mass is 375 g/mol. The van der Waals surface area contributed by atoms with Crippen molar-refractivity contribution >= 4 is 22.7 Å². The number of carbonyl (C=O) groups excluding carboxylic acids is 2. The van der Waals surface area contributed by atoms with E-state index in [1.165, 1.54) is 6.07 Å². The highest BCUT2D eigenvalue weighted by atomic mass is 16.5. The number of nitrogens with zero attached hydrogens (tertiary/aromatic N) is 1. The van der Waals surface area contributed by atoms with Crippen molar-refractivity contribution in [3.05, 3.63) is 76.1 Å². The van der Waals surface area contributed by atoms with E-state index in [1.807, 2.05) is 12.1 Å². The van der Waals surface area contributed by atoms with Crippen LogP contribution >= 0.6 is 0 Å². The molecule has 0 bridgehead atoms. The van der Waals surface area contributed by atoms with Crippen LogP contribution in [-0.2, 0) is 0 Å². The molecule has 1 atom stereocenters. The van der Waals surface area contributed by atoms with Crippen LogP contribution < -0.4 is 10.2 Å². The molecule has 28 heavy (non-hydrogen) atoms. The van der Waals surface area contributed by atoms with Crippen LogP contribution in [0, 0.1) is 0 Å². The van der Waals surface area contributed by atoms with Crippen molar-refractivity contribution in [2.75, 3.05) is 13.1 Å². The summed E-state index contributed by atoms with van der Waals surface area (Å²) >= 11 is 0. The highest BCUT2D eigenvalue weighted by Gasteiger charge is 2.47. The van der Waals surface area contributed by atoms with E-state index in [4.69, 9.17) is 9.15 Å². The average Bonchev–Trinajstić information content (AvgIpc) is 3.10. The Bertz CT molecular complexity index is 1180. The molecule has 1 amide bonds. The summed E-state index contributed by atoms with van der Waals surface area (Å²) in [6, 6.07) is 15.2. The van der Waals surface area contributed by atoms with Crippen LogP contribution in [0.2, 0.25) is 0 Å². The quantitative estimate of drug-likeness (QED) is 0.653. The summed E-state index contributed by atoms with van der Waals surface area (Å²) < 4.78 is 11.8. The van der Waals surface area contributed by atoms with Gasteiger partial charge in [-0.2, -0.15) is 0 Å². The summed E-state index contributed by atoms with van der Waals surface area (Å²) in [5, 5.41) is 0.440. The lowest BCUT2D eigenvalue weighted by Gasteiger charge is -2.34. The van der Waals surface area contributed by atoms with E-state index in [9.17, 15) is 14.4 Å². The number of fused-ring (bicyclic) bond motifs is 2. The smallest absolute Gasteiger partial charge is 0.289 e. The summed E-state index contributed by atoms with van der Waals surface area (Å²) in [5.74, 6) is 0.219. The van der Waals surface area contributed by atoms with Gasteiger partial charge < -0.3 is 14.1 Å². The zero-order valence-electron chi connectivity index (χ0n) is 15.0. The van der Waals surface area contributed by atoms with Crippen LogP contribution in [0.5, 0.6) is 5.75 Å². The van der Waals surface area contributed by atoms with E-state index in [0.717, 1.165) is 0 Å². The van der Waals surface area contributed by atoms with E-state index in [0.29, 0.717) is 35.2 Å². The van der Waals surface area contributed by atoms with Gasteiger partial charge in [-0.25, -0.2) is 0 Å². The lowest BCUT2D eigenvalue weighted by molar-refractivity contribution is 0.0421. The fourth-order valence-corrected chi connectivity index (χ4v) is 4.05. The number of ketones is 1. The van der Waals surface area contributed by atoms with E-state index in [1.54, 1.807) is 41.3 Å². The van der Waals surface area contributed by atoms with E-state index < -0.39 is 5.60 Å². The van der Waals surface area contributed by atoms with Crippen LogP contribution in [0.1, 0.15) is 33.8 Å². The highest BCUT2D eigenvalue weighted by Crippen LogP contribution is 2.38. The Morgan fingerprint density at radius 3 is 2.71 bits per heavy atom. The molecule has 3 heterocycles. The molecule has 5 rings (SSSR count). The van der Waals surface area contributed by atoms with Gasteiger partial charge in [-0.15, -0.1) is 0 Å². The highest BCUT2D eigenvalue weighted by molar-refractivity contribution is 6.00. The number of Topliss-reactive ketones (excluding diaryl/α,β-unsaturated/α-hetero) is 1. The van der Waals surface area contributed by atoms with Crippen LogP contribution in [0.25, 0.3) is 11.0 Å². The normalized spacial score (nSPS) is 21.0. The second-order valence-corrected chi connectivity index (χ2v) is 7.33. The molecule has 1 spiro atoms. The summed E-state index contributed by atoms with van der Waals surface area (Å²) in [6.45, 7) is 0.716. The van der Waals surface area contributed by atoms with Gasteiger partial charge in [0.05, 0.1) is 23.9 Å². The third-order valence-electron chi connectivity index (χ3n) is 5.45. The SMILES string of the molecule is O=C1CC2(CCN(C(=O)c3cc(=O)c4ccccc4o3)C2)Oc2ccccc21. The predicted octanol–water partition coefficient (Wildman–Crippen LogP) is 3.04. The lowest BCUT2D eigenvalue weighted by Crippen LogP contribution is -2.45. The van der Waals surface area contributed by atoms with Crippen molar-refractivity contribution in [2.45, 2.75) is 18.4 Å². The van der Waals surface area contributed by atoms with Crippen molar-refractivity contribution in [3.63, 3.8) is 0 Å². The average molecular weight is 375 g/mol. The maximum atomic E-state index is 12.9. The van der Waals surface area contributed by atoms with Gasteiger partial charge in [-0.1, -0.05) is 24.3 Å². The Morgan fingerprint density at radius 2 is 1.82 bits per heavy atom. The van der Waals surface area contributed by atoms with Crippen LogP contribution in [-0.4, -0.2) is 35.3 Å². The molecule has 0 saturated carbocycles. The molecular formula is C22H17NO5. The first-order valence-corrected chi connectivity index (χ1v) is 9.18. The van der Waals surface area contributed by atoms with Crippen molar-refractivity contribution < 1.29 is 18.7 Å². The van der Waals surface area contributed by atoms with Crippen LogP contribution in [0.15, 0.2) is 63.8 Å². The number of benzene rings is 2. The molecule has 0 radical (unpaired) electrons. The molecule has 1 aromatic heterocycles. The van der Waals surface area contributed by atoms with Gasteiger partial charge in [0, 0.05) is 19.0 Å². The van der Waals surface area contributed by atoms with Crippen molar-refractivity contribution in [1.82, 2.24) is 4.90 Å². The van der Waals surface area contributed by atoms with E-state index in [-0.39, 0.29) is 35.8 Å². The molecule has 0 aliphatic carbocycles. The minimum absolute atomic E-state index is 0.00304. The lowest BCUT2D eigenvalue weighted by atomic mass is 9.89. The molecule has 1 unspecified atom stereocenters. The molecule has 2 aliphatic rings. The minimum atomic E-state index is -0.724. The van der Waals surface area contributed by atoms with Gasteiger partial charge >= 0.3 is 0 Å². The molecule has 2 aromatic carbocycles. The zero-order chi connectivity index (χ0) is 19.3. The first kappa shape index (κ1) is 16.7. The molecule has 1 fully saturated rings. The maximum absolute atomic E-state index is 12.9. The Kier molecular flexibility index (Phi) is 3.62. The van der Waals surface area contributed by atoms with Gasteiger partial charge in [-0.05, 0) is 24.3 Å². The van der Waals surface area contributed by atoms with Crippen molar-refractivity contribution in [3.8, 4) is 5.75 Å². The maximum Gasteiger partial charge on any atom is 0.289 e. The van der Waals surface area contributed by atoms with Crippen LogP contribution in [0.3, 0.4) is 0 Å². The number of hydrogen-bond acceptors (Lipinski definition) is 5. The summed E-state index contributed by atoms with van der Waals surface area (Å²) in [7, 11) is 0. The van der Waals surface area contributed by atoms with Crippen molar-refractivity contribution in [2.24, 2.45) is 0 Å². The van der Waals surface area contributed by atoms with E-state index >= 15 is 0 Å². The third-order valence-corrected chi connectivity index (χ3v) is 5.45. The molecule has 0 N–H and O–H groups in total. The van der Waals surface area contributed by atoms with Crippen molar-refractivity contribution in [1.29, 1.82) is 0 Å². The number of carbonyl (C=O) groups is 2.